The summed E-state index contributed by atoms with van der Waals surface area (Å²) in [4.78, 5) is 11.2. The fraction of sp³-hybridized carbons (Fsp3) is 0.550. The van der Waals surface area contributed by atoms with E-state index in [1.165, 1.54) is 0 Å². The summed E-state index contributed by atoms with van der Waals surface area (Å²) < 4.78 is 1.76. The molecule has 0 radical (unpaired) electrons. The van der Waals surface area contributed by atoms with Crippen LogP contribution in [0.25, 0.3) is 5.82 Å². The SMILES string of the molecule is CN=C(NCCCN(C(C)C)C(C)C)NCc1ccnc(-n2cccn2)c1. The first-order chi connectivity index (χ1) is 13.0. The van der Waals surface area contributed by atoms with Crippen LogP contribution in [0.3, 0.4) is 0 Å². The smallest absolute Gasteiger partial charge is 0.191 e. The van der Waals surface area contributed by atoms with Gasteiger partial charge in [-0.2, -0.15) is 5.10 Å². The fourth-order valence-electron chi connectivity index (χ4n) is 3.09. The molecular formula is C20H33N7. The number of guanidine groups is 1. The predicted octanol–water partition coefficient (Wildman–Crippen LogP) is 2.44. The van der Waals surface area contributed by atoms with Crippen LogP contribution in [0.1, 0.15) is 39.7 Å². The standard InChI is InChI=1S/C20H33N7/c1-16(2)26(17(3)4)12-6-9-23-20(21-5)24-15-18-8-11-22-19(14-18)27-13-7-10-25-27/h7-8,10-11,13-14,16-17H,6,9,12,15H2,1-5H3,(H2,21,23,24). The lowest BCUT2D eigenvalue weighted by atomic mass is 10.2. The molecule has 0 aliphatic heterocycles. The summed E-state index contributed by atoms with van der Waals surface area (Å²) in [7, 11) is 1.80. The molecular weight excluding hydrogens is 338 g/mol. The molecule has 0 aliphatic rings. The van der Waals surface area contributed by atoms with Gasteiger partial charge < -0.3 is 10.6 Å². The van der Waals surface area contributed by atoms with Gasteiger partial charge in [-0.3, -0.25) is 9.89 Å². The fourth-order valence-corrected chi connectivity index (χ4v) is 3.09. The largest absolute Gasteiger partial charge is 0.356 e. The van der Waals surface area contributed by atoms with Crippen molar-refractivity contribution in [2.75, 3.05) is 20.1 Å². The Bertz CT molecular complexity index is 684. The average molecular weight is 372 g/mol. The third-order valence-electron chi connectivity index (χ3n) is 4.44. The lowest BCUT2D eigenvalue weighted by molar-refractivity contribution is 0.173. The first-order valence-corrected chi connectivity index (χ1v) is 9.66. The topological polar surface area (TPSA) is 70.4 Å². The Balaban J connectivity index is 1.78. The van der Waals surface area contributed by atoms with Gasteiger partial charge in [-0.15, -0.1) is 0 Å². The van der Waals surface area contributed by atoms with E-state index < -0.39 is 0 Å². The first-order valence-electron chi connectivity index (χ1n) is 9.66. The molecule has 2 aromatic rings. The van der Waals surface area contributed by atoms with E-state index in [9.17, 15) is 0 Å². The van der Waals surface area contributed by atoms with Gasteiger partial charge in [0.1, 0.15) is 0 Å². The maximum Gasteiger partial charge on any atom is 0.191 e. The number of nitrogens with zero attached hydrogens (tertiary/aromatic N) is 5. The number of aromatic nitrogens is 3. The number of aliphatic imine (C=N–C) groups is 1. The molecule has 2 N–H and O–H groups in total. The second-order valence-electron chi connectivity index (χ2n) is 7.10. The maximum absolute atomic E-state index is 4.36. The van der Waals surface area contributed by atoms with Crippen molar-refractivity contribution in [3.8, 4) is 5.82 Å². The van der Waals surface area contributed by atoms with Crippen LogP contribution in [0.15, 0.2) is 41.8 Å². The molecule has 0 bridgehead atoms. The second-order valence-corrected chi connectivity index (χ2v) is 7.10. The Labute approximate surface area is 162 Å². The zero-order valence-electron chi connectivity index (χ0n) is 17.2. The highest BCUT2D eigenvalue weighted by Gasteiger charge is 2.12. The molecule has 0 aromatic carbocycles. The predicted molar refractivity (Wildman–Crippen MR) is 111 cm³/mol. The van der Waals surface area contributed by atoms with Gasteiger partial charge in [0, 0.05) is 57.4 Å². The van der Waals surface area contributed by atoms with Gasteiger partial charge >= 0.3 is 0 Å². The Hall–Kier alpha value is -2.41. The van der Waals surface area contributed by atoms with Crippen LogP contribution < -0.4 is 10.6 Å². The van der Waals surface area contributed by atoms with Crippen molar-refractivity contribution in [1.29, 1.82) is 0 Å². The Morgan fingerprint density at radius 2 is 1.96 bits per heavy atom. The molecule has 7 nitrogen and oxygen atoms in total. The van der Waals surface area contributed by atoms with Crippen LogP contribution in [0.2, 0.25) is 0 Å². The van der Waals surface area contributed by atoms with Gasteiger partial charge in [-0.25, -0.2) is 9.67 Å². The second kappa shape index (κ2) is 10.7. The van der Waals surface area contributed by atoms with Gasteiger partial charge in [0.25, 0.3) is 0 Å². The van der Waals surface area contributed by atoms with E-state index in [-0.39, 0.29) is 0 Å². The molecule has 0 aliphatic carbocycles. The summed E-state index contributed by atoms with van der Waals surface area (Å²) in [5.74, 6) is 1.62. The molecule has 7 heteroatoms. The number of rotatable bonds is 9. The minimum Gasteiger partial charge on any atom is -0.356 e. The van der Waals surface area contributed by atoms with Crippen molar-refractivity contribution in [3.63, 3.8) is 0 Å². The lowest BCUT2D eigenvalue weighted by Gasteiger charge is -2.30. The summed E-state index contributed by atoms with van der Waals surface area (Å²) >= 11 is 0. The number of pyridine rings is 1. The van der Waals surface area contributed by atoms with Crippen molar-refractivity contribution < 1.29 is 0 Å². The molecule has 0 saturated carbocycles. The minimum absolute atomic E-state index is 0.568. The first kappa shape index (κ1) is 20.9. The van der Waals surface area contributed by atoms with E-state index >= 15 is 0 Å². The van der Waals surface area contributed by atoms with Crippen LogP contribution in [-0.4, -0.2) is 57.8 Å². The summed E-state index contributed by atoms with van der Waals surface area (Å²) in [6.07, 6.45) is 6.52. The molecule has 2 aromatic heterocycles. The van der Waals surface area contributed by atoms with Crippen LogP contribution in [0, 0.1) is 0 Å². The van der Waals surface area contributed by atoms with Gasteiger partial charge in [0.15, 0.2) is 11.8 Å². The summed E-state index contributed by atoms with van der Waals surface area (Å²) in [6.45, 7) is 11.7. The van der Waals surface area contributed by atoms with Crippen LogP contribution >= 0.6 is 0 Å². The highest BCUT2D eigenvalue weighted by Crippen LogP contribution is 2.06. The van der Waals surface area contributed by atoms with Crippen LogP contribution in [0.5, 0.6) is 0 Å². The van der Waals surface area contributed by atoms with Crippen molar-refractivity contribution in [2.45, 2.75) is 52.7 Å². The number of nitrogens with one attached hydrogen (secondary N) is 2. The van der Waals surface area contributed by atoms with E-state index in [4.69, 9.17) is 0 Å². The van der Waals surface area contributed by atoms with Crippen LogP contribution in [-0.2, 0) is 6.54 Å². The average Bonchev–Trinajstić information content (AvgIpc) is 3.18. The third kappa shape index (κ3) is 6.67. The van der Waals surface area contributed by atoms with Gasteiger partial charge in [-0.1, -0.05) is 0 Å². The molecule has 148 valence electrons. The lowest BCUT2D eigenvalue weighted by Crippen LogP contribution is -2.41. The third-order valence-corrected chi connectivity index (χ3v) is 4.44. The molecule has 0 amide bonds. The van der Waals surface area contributed by atoms with Crippen molar-refractivity contribution in [2.24, 2.45) is 4.99 Å². The quantitative estimate of drug-likeness (QED) is 0.402. The van der Waals surface area contributed by atoms with Gasteiger partial charge in [0.2, 0.25) is 0 Å². The molecule has 0 atom stereocenters. The van der Waals surface area contributed by atoms with Crippen molar-refractivity contribution in [3.05, 3.63) is 42.4 Å². The van der Waals surface area contributed by atoms with Crippen molar-refractivity contribution >= 4 is 5.96 Å². The summed E-state index contributed by atoms with van der Waals surface area (Å²) in [5.41, 5.74) is 1.13. The Morgan fingerprint density at radius 1 is 1.19 bits per heavy atom. The molecule has 0 saturated heterocycles. The zero-order chi connectivity index (χ0) is 19.6. The van der Waals surface area contributed by atoms with E-state index in [0.29, 0.717) is 18.6 Å². The Kier molecular flexibility index (Phi) is 8.26. The normalized spacial score (nSPS) is 12.2. The monoisotopic (exact) mass is 371 g/mol. The minimum atomic E-state index is 0.568. The number of hydrogen-bond acceptors (Lipinski definition) is 4. The highest BCUT2D eigenvalue weighted by molar-refractivity contribution is 5.79. The number of hydrogen-bond donors (Lipinski definition) is 2. The summed E-state index contributed by atoms with van der Waals surface area (Å²) in [5, 5.41) is 11.0. The van der Waals surface area contributed by atoms with Crippen molar-refractivity contribution in [1.82, 2.24) is 30.3 Å². The molecule has 0 fully saturated rings. The van der Waals surface area contributed by atoms with E-state index in [2.05, 4.69) is 58.3 Å². The zero-order valence-corrected chi connectivity index (χ0v) is 17.2. The molecule has 0 spiro atoms. The molecule has 0 unspecified atom stereocenters. The van der Waals surface area contributed by atoms with E-state index in [1.54, 1.807) is 24.1 Å². The molecule has 2 heterocycles. The van der Waals surface area contributed by atoms with E-state index in [1.807, 2.05) is 24.4 Å². The molecule has 27 heavy (non-hydrogen) atoms. The van der Waals surface area contributed by atoms with Crippen LogP contribution in [0.4, 0.5) is 0 Å². The van der Waals surface area contributed by atoms with Gasteiger partial charge in [0.05, 0.1) is 0 Å². The Morgan fingerprint density at radius 3 is 2.59 bits per heavy atom. The maximum atomic E-state index is 4.36. The molecule has 2 rings (SSSR count). The van der Waals surface area contributed by atoms with E-state index in [0.717, 1.165) is 36.9 Å². The summed E-state index contributed by atoms with van der Waals surface area (Å²) in [6, 6.07) is 7.04. The van der Waals surface area contributed by atoms with Gasteiger partial charge in [-0.05, 0) is 57.9 Å². The highest BCUT2D eigenvalue weighted by atomic mass is 15.3.